The van der Waals surface area contributed by atoms with Crippen molar-refractivity contribution in [3.8, 4) is 0 Å². The summed E-state index contributed by atoms with van der Waals surface area (Å²) in [6, 6.07) is 0. The molecule has 0 bridgehead atoms. The Balaban J connectivity index is 0. The summed E-state index contributed by atoms with van der Waals surface area (Å²) in [6.45, 7) is 0. The van der Waals surface area contributed by atoms with Crippen LogP contribution in [-0.4, -0.2) is 24.6 Å². The van der Waals surface area contributed by atoms with Gasteiger partial charge in [0.15, 0.2) is 0 Å². The van der Waals surface area contributed by atoms with Crippen molar-refractivity contribution in [2.45, 2.75) is 12.8 Å². The van der Waals surface area contributed by atoms with E-state index in [-0.39, 0.29) is 57.1 Å². The van der Waals surface area contributed by atoms with Crippen LogP contribution in [0.4, 0.5) is 0 Å². The van der Waals surface area contributed by atoms with Gasteiger partial charge in [0.2, 0.25) is 0 Å². The van der Waals surface area contributed by atoms with Crippen LogP contribution in [0, 0.1) is 0 Å². The molecule has 56 valence electrons. The van der Waals surface area contributed by atoms with Gasteiger partial charge in [-0.15, -0.1) is 11.6 Å². The third-order valence-corrected chi connectivity index (χ3v) is 1.83. The van der Waals surface area contributed by atoms with Crippen LogP contribution >= 0.6 is 11.6 Å². The van der Waals surface area contributed by atoms with E-state index >= 15 is 0 Å². The number of hydrogen-bond acceptors (Lipinski definition) is 3. The minimum absolute atomic E-state index is 0. The normalized spacial score (nSPS) is 10.6. The smallest absolute Gasteiger partial charge is 0.748 e. The van der Waals surface area contributed by atoms with Crippen molar-refractivity contribution in [1.82, 2.24) is 0 Å². The average Bonchev–Trinajstić information content (AvgIpc) is 1.63. The summed E-state index contributed by atoms with van der Waals surface area (Å²) < 4.78 is 29.7. The summed E-state index contributed by atoms with van der Waals surface area (Å²) in [5, 5.41) is 0. The number of alkyl halides is 1. The summed E-state index contributed by atoms with van der Waals surface area (Å²) in [7, 11) is -4.01. The Hall–Kier alpha value is 1.84. The van der Waals surface area contributed by atoms with Crippen molar-refractivity contribution in [3.05, 3.63) is 0 Å². The maximum atomic E-state index is 9.91. The molecule has 0 unspecified atom stereocenters. The molecule has 10 heavy (non-hydrogen) atoms. The minimum Gasteiger partial charge on any atom is -0.748 e. The summed E-state index contributed by atoms with van der Waals surface area (Å²) in [6.07, 6.45) is 0.957. The molecule has 0 aromatic rings. The van der Waals surface area contributed by atoms with E-state index in [0.29, 0.717) is 18.7 Å². The van der Waals surface area contributed by atoms with E-state index in [1.54, 1.807) is 0 Å². The molecule has 0 aliphatic rings. The molecule has 0 atom stereocenters. The fourth-order valence-electron chi connectivity index (χ4n) is 0.373. The first-order chi connectivity index (χ1) is 4.06. The zero-order valence-corrected chi connectivity index (χ0v) is 10.5. The predicted molar refractivity (Wildman–Crippen MR) is 34.5 cm³/mol. The van der Waals surface area contributed by atoms with Crippen molar-refractivity contribution >= 4 is 21.7 Å². The third-order valence-electron chi connectivity index (χ3n) is 0.778. The molecule has 0 N–H and O–H groups in total. The van der Waals surface area contributed by atoms with Gasteiger partial charge in [0.1, 0.15) is 0 Å². The molecule has 0 aliphatic carbocycles. The fourth-order valence-corrected chi connectivity index (χ4v) is 1.12. The number of halogens is 1. The zero-order chi connectivity index (χ0) is 7.33. The Kier molecular flexibility index (Phi) is 10.8. The van der Waals surface area contributed by atoms with Crippen LogP contribution in [0.5, 0.6) is 0 Å². The second-order valence-corrected chi connectivity index (χ2v) is 3.56. The van der Waals surface area contributed by atoms with Gasteiger partial charge in [-0.1, -0.05) is 0 Å². The summed E-state index contributed by atoms with van der Waals surface area (Å²) in [5.74, 6) is 0.120. The van der Waals surface area contributed by atoms with Crippen LogP contribution in [0.25, 0.3) is 0 Å². The van der Waals surface area contributed by atoms with Crippen LogP contribution < -0.4 is 51.4 Å². The van der Waals surface area contributed by atoms with Crippen LogP contribution in [-0.2, 0) is 10.1 Å². The minimum atomic E-state index is -4.01. The quantitative estimate of drug-likeness (QED) is 0.224. The van der Waals surface area contributed by atoms with E-state index in [4.69, 9.17) is 11.6 Å². The van der Waals surface area contributed by atoms with E-state index in [2.05, 4.69) is 0 Å². The third kappa shape index (κ3) is 12.5. The van der Waals surface area contributed by atoms with Gasteiger partial charge in [0, 0.05) is 11.6 Å². The average molecular weight is 211 g/mol. The standard InChI is InChI=1S/C4H9ClO3S.K/c5-3-1-2-4-9(6,7)8;/h1-4H2,(H,6,7,8);/q;+1/p-1. The second-order valence-electron chi connectivity index (χ2n) is 1.66. The number of unbranched alkanes of at least 4 members (excludes halogenated alkanes) is 1. The molecule has 6 heteroatoms. The van der Waals surface area contributed by atoms with Crippen molar-refractivity contribution in [1.29, 1.82) is 0 Å². The van der Waals surface area contributed by atoms with E-state index < -0.39 is 10.1 Å². The van der Waals surface area contributed by atoms with Crippen molar-refractivity contribution in [3.63, 3.8) is 0 Å². The van der Waals surface area contributed by atoms with Gasteiger partial charge in [0.25, 0.3) is 0 Å². The molecule has 0 aromatic heterocycles. The van der Waals surface area contributed by atoms with Crippen molar-refractivity contribution < 1.29 is 64.4 Å². The maximum Gasteiger partial charge on any atom is 1.00 e. The van der Waals surface area contributed by atoms with Gasteiger partial charge in [-0.2, -0.15) is 0 Å². The number of rotatable bonds is 4. The molecule has 3 nitrogen and oxygen atoms in total. The first-order valence-corrected chi connectivity index (χ1v) is 4.67. The molecule has 0 fully saturated rings. The molecule has 0 aliphatic heterocycles. The summed E-state index contributed by atoms with van der Waals surface area (Å²) >= 11 is 5.23. The van der Waals surface area contributed by atoms with Crippen LogP contribution in [0.2, 0.25) is 0 Å². The van der Waals surface area contributed by atoms with Crippen molar-refractivity contribution in [2.75, 3.05) is 11.6 Å². The van der Waals surface area contributed by atoms with E-state index in [1.165, 1.54) is 0 Å². The molecule has 0 rings (SSSR count). The Labute approximate surface area is 109 Å². The fraction of sp³-hybridized carbons (Fsp3) is 1.00. The SMILES string of the molecule is O=S(=O)([O-])CCCCCl.[K+]. The first-order valence-electron chi connectivity index (χ1n) is 2.56. The first kappa shape index (κ1) is 14.4. The van der Waals surface area contributed by atoms with E-state index in [9.17, 15) is 13.0 Å². The van der Waals surface area contributed by atoms with Gasteiger partial charge in [-0.05, 0) is 12.8 Å². The van der Waals surface area contributed by atoms with Crippen LogP contribution in [0.1, 0.15) is 12.8 Å². The molecular weight excluding hydrogens is 203 g/mol. The molecule has 0 amide bonds. The second kappa shape index (κ2) is 7.48. The van der Waals surface area contributed by atoms with Gasteiger partial charge in [-0.25, -0.2) is 8.42 Å². The Morgan fingerprint density at radius 2 is 1.80 bits per heavy atom. The monoisotopic (exact) mass is 210 g/mol. The molecule has 0 saturated carbocycles. The number of hydrogen-bond donors (Lipinski definition) is 0. The Bertz CT molecular complexity index is 156. The van der Waals surface area contributed by atoms with Crippen LogP contribution in [0.15, 0.2) is 0 Å². The molecular formula is C4H8ClKO3S. The van der Waals surface area contributed by atoms with Gasteiger partial charge in [-0.3, -0.25) is 0 Å². The topological polar surface area (TPSA) is 57.2 Å². The molecule has 0 saturated heterocycles. The van der Waals surface area contributed by atoms with Gasteiger partial charge < -0.3 is 4.55 Å². The largest absolute Gasteiger partial charge is 1.00 e. The molecule has 0 aromatic carbocycles. The summed E-state index contributed by atoms with van der Waals surface area (Å²) in [5.41, 5.74) is 0. The van der Waals surface area contributed by atoms with Gasteiger partial charge in [0.05, 0.1) is 10.1 Å². The van der Waals surface area contributed by atoms with Crippen LogP contribution in [0.3, 0.4) is 0 Å². The van der Waals surface area contributed by atoms with Gasteiger partial charge >= 0.3 is 51.4 Å². The molecule has 0 spiro atoms. The maximum absolute atomic E-state index is 9.91. The predicted octanol–water partition coefficient (Wildman–Crippen LogP) is -2.45. The molecule has 0 heterocycles. The van der Waals surface area contributed by atoms with Crippen molar-refractivity contribution in [2.24, 2.45) is 0 Å². The van der Waals surface area contributed by atoms with E-state index in [0.717, 1.165) is 0 Å². The zero-order valence-electron chi connectivity index (χ0n) is 5.84. The summed E-state index contributed by atoms with van der Waals surface area (Å²) in [4.78, 5) is 0. The van der Waals surface area contributed by atoms with E-state index in [1.807, 2.05) is 0 Å². The molecule has 0 radical (unpaired) electrons. The Morgan fingerprint density at radius 3 is 2.10 bits per heavy atom. The Morgan fingerprint density at radius 1 is 1.30 bits per heavy atom.